The summed E-state index contributed by atoms with van der Waals surface area (Å²) >= 11 is 0. The Bertz CT molecular complexity index is 845. The minimum Gasteiger partial charge on any atom is -0.377 e. The number of likely N-dealkylation sites (N-methyl/N-ethyl adjacent to an activating group) is 1. The lowest BCUT2D eigenvalue weighted by atomic mass is 9.92. The molecule has 0 unspecified atom stereocenters. The van der Waals surface area contributed by atoms with Crippen molar-refractivity contribution >= 4 is 0 Å². The van der Waals surface area contributed by atoms with E-state index in [1.54, 1.807) is 19.2 Å². The molecule has 0 amide bonds. The predicted octanol–water partition coefficient (Wildman–Crippen LogP) is 5.96. The molecular weight excluding hydrogens is 427 g/mol. The third-order valence-electron chi connectivity index (χ3n) is 5.59. The van der Waals surface area contributed by atoms with Crippen LogP contribution in [0, 0.1) is 5.82 Å². The van der Waals surface area contributed by atoms with Gasteiger partial charge in [0.25, 0.3) is 0 Å². The lowest BCUT2D eigenvalue weighted by molar-refractivity contribution is -0.143. The van der Waals surface area contributed by atoms with Crippen molar-refractivity contribution in [3.63, 3.8) is 0 Å². The quantitative estimate of drug-likeness (QED) is 0.550. The molecule has 9 heteroatoms. The van der Waals surface area contributed by atoms with Crippen LogP contribution in [0.5, 0.6) is 0 Å². The van der Waals surface area contributed by atoms with Crippen LogP contribution in [0.25, 0.3) is 0 Å². The molecule has 1 aliphatic carbocycles. The van der Waals surface area contributed by atoms with Gasteiger partial charge in [-0.3, -0.25) is 0 Å². The summed E-state index contributed by atoms with van der Waals surface area (Å²) in [5.74, 6) is -0.469. The van der Waals surface area contributed by atoms with Gasteiger partial charge in [-0.05, 0) is 67.8 Å². The van der Waals surface area contributed by atoms with Crippen LogP contribution in [0.2, 0.25) is 0 Å². The monoisotopic (exact) mass is 449 g/mol. The molecule has 1 aliphatic rings. The average Bonchev–Trinajstić information content (AvgIpc) is 3.10. The second kappa shape index (κ2) is 9.16. The highest BCUT2D eigenvalue weighted by Crippen LogP contribution is 2.38. The molecule has 3 atom stereocenters. The number of ether oxygens (including phenoxy) is 1. The van der Waals surface area contributed by atoms with Crippen LogP contribution in [0.4, 0.5) is 30.7 Å². The van der Waals surface area contributed by atoms with Crippen molar-refractivity contribution in [2.45, 2.75) is 49.7 Å². The van der Waals surface area contributed by atoms with Gasteiger partial charge in [0.05, 0.1) is 23.8 Å². The van der Waals surface area contributed by atoms with Crippen LogP contribution in [0.15, 0.2) is 42.5 Å². The van der Waals surface area contributed by atoms with Gasteiger partial charge in [0.2, 0.25) is 0 Å². The molecule has 2 aromatic rings. The molecule has 1 N–H and O–H groups in total. The summed E-state index contributed by atoms with van der Waals surface area (Å²) < 4.78 is 97.3. The fourth-order valence-electron chi connectivity index (χ4n) is 4.10. The van der Waals surface area contributed by atoms with Gasteiger partial charge in [0, 0.05) is 12.0 Å². The Hall–Kier alpha value is -2.13. The SMILES string of the molecule is CN[C@H]1CC[C@H](OCCc2cc(C(F)(F)F)cc(C(F)(F)F)c2)[C@@H]1c1ccc(F)cc1. The summed E-state index contributed by atoms with van der Waals surface area (Å²) in [7, 11) is 1.80. The van der Waals surface area contributed by atoms with Crippen molar-refractivity contribution in [2.75, 3.05) is 13.7 Å². The zero-order valence-corrected chi connectivity index (χ0v) is 16.7. The zero-order valence-electron chi connectivity index (χ0n) is 16.7. The third-order valence-corrected chi connectivity index (χ3v) is 5.59. The fraction of sp³-hybridized carbons (Fsp3) is 0.455. The van der Waals surface area contributed by atoms with E-state index in [4.69, 9.17) is 4.74 Å². The van der Waals surface area contributed by atoms with E-state index in [-0.39, 0.29) is 48.5 Å². The van der Waals surface area contributed by atoms with Gasteiger partial charge in [-0.25, -0.2) is 4.39 Å². The standard InChI is InChI=1S/C22H22F7NO/c1-30-18-6-7-19(20(18)14-2-4-17(23)5-3-14)31-9-8-13-10-15(21(24,25)26)12-16(11-13)22(27,28)29/h2-5,10-12,18-20,30H,6-9H2,1H3/t18-,19-,20+/m0/s1. The Morgan fingerprint density at radius 3 is 2.00 bits per heavy atom. The molecule has 1 fully saturated rings. The zero-order chi connectivity index (χ0) is 22.8. The fourth-order valence-corrected chi connectivity index (χ4v) is 4.10. The first kappa shape index (κ1) is 23.5. The molecule has 0 radical (unpaired) electrons. The summed E-state index contributed by atoms with van der Waals surface area (Å²) in [5.41, 5.74) is -1.90. The molecule has 2 aromatic carbocycles. The summed E-state index contributed by atoms with van der Waals surface area (Å²) in [6, 6.07) is 7.65. The second-order valence-corrected chi connectivity index (χ2v) is 7.62. The Balaban J connectivity index is 1.73. The third kappa shape index (κ3) is 5.77. The molecular formula is C22H22F7NO. The summed E-state index contributed by atoms with van der Waals surface area (Å²) in [6.07, 6.45) is -8.68. The Kier molecular flexibility index (Phi) is 6.95. The van der Waals surface area contributed by atoms with Gasteiger partial charge < -0.3 is 10.1 Å². The molecule has 0 heterocycles. The minimum atomic E-state index is -4.88. The topological polar surface area (TPSA) is 21.3 Å². The largest absolute Gasteiger partial charge is 0.416 e. The highest BCUT2D eigenvalue weighted by molar-refractivity contribution is 5.34. The van der Waals surface area contributed by atoms with Gasteiger partial charge in [0.15, 0.2) is 0 Å². The molecule has 3 rings (SSSR count). The molecule has 2 nitrogen and oxygen atoms in total. The van der Waals surface area contributed by atoms with Crippen LogP contribution >= 0.6 is 0 Å². The maximum absolute atomic E-state index is 13.3. The Morgan fingerprint density at radius 1 is 0.903 bits per heavy atom. The number of rotatable bonds is 6. The van der Waals surface area contributed by atoms with E-state index >= 15 is 0 Å². The van der Waals surface area contributed by atoms with Gasteiger partial charge in [-0.15, -0.1) is 0 Å². The Morgan fingerprint density at radius 2 is 1.48 bits per heavy atom. The van der Waals surface area contributed by atoms with E-state index in [9.17, 15) is 30.7 Å². The number of hydrogen-bond donors (Lipinski definition) is 1. The normalized spacial score (nSPS) is 22.1. The van der Waals surface area contributed by atoms with Crippen molar-refractivity contribution in [2.24, 2.45) is 0 Å². The lowest BCUT2D eigenvalue weighted by Gasteiger charge is -2.25. The molecule has 0 spiro atoms. The van der Waals surface area contributed by atoms with Crippen LogP contribution in [0.1, 0.15) is 41.0 Å². The number of nitrogens with one attached hydrogen (secondary N) is 1. The summed E-state index contributed by atoms with van der Waals surface area (Å²) in [6.45, 7) is -0.0304. The van der Waals surface area contributed by atoms with Crippen molar-refractivity contribution in [1.29, 1.82) is 0 Å². The summed E-state index contributed by atoms with van der Waals surface area (Å²) in [4.78, 5) is 0. The first-order valence-corrected chi connectivity index (χ1v) is 9.81. The molecule has 1 saturated carbocycles. The number of halogens is 7. The van der Waals surface area contributed by atoms with Gasteiger partial charge in [-0.2, -0.15) is 26.3 Å². The maximum atomic E-state index is 13.3. The van der Waals surface area contributed by atoms with E-state index < -0.39 is 23.5 Å². The molecule has 31 heavy (non-hydrogen) atoms. The number of hydrogen-bond acceptors (Lipinski definition) is 2. The van der Waals surface area contributed by atoms with Crippen LogP contribution in [-0.2, 0) is 23.5 Å². The van der Waals surface area contributed by atoms with Gasteiger partial charge in [0.1, 0.15) is 5.82 Å². The first-order chi connectivity index (χ1) is 14.5. The van der Waals surface area contributed by atoms with Crippen molar-refractivity contribution in [1.82, 2.24) is 5.32 Å². The van der Waals surface area contributed by atoms with E-state index in [2.05, 4.69) is 5.32 Å². The number of benzene rings is 2. The van der Waals surface area contributed by atoms with Gasteiger partial charge in [-0.1, -0.05) is 12.1 Å². The van der Waals surface area contributed by atoms with Crippen molar-refractivity contribution < 1.29 is 35.5 Å². The molecule has 0 aliphatic heterocycles. The molecule has 0 aromatic heterocycles. The lowest BCUT2D eigenvalue weighted by Crippen LogP contribution is -2.32. The number of alkyl halides is 6. The molecule has 0 bridgehead atoms. The highest BCUT2D eigenvalue weighted by atomic mass is 19.4. The Labute approximate surface area is 175 Å². The van der Waals surface area contributed by atoms with Crippen molar-refractivity contribution in [3.05, 3.63) is 70.5 Å². The van der Waals surface area contributed by atoms with E-state index in [1.807, 2.05) is 0 Å². The van der Waals surface area contributed by atoms with E-state index in [0.29, 0.717) is 6.42 Å². The summed E-state index contributed by atoms with van der Waals surface area (Å²) in [5, 5.41) is 3.19. The van der Waals surface area contributed by atoms with E-state index in [0.717, 1.165) is 24.1 Å². The van der Waals surface area contributed by atoms with Crippen LogP contribution in [-0.4, -0.2) is 25.8 Å². The maximum Gasteiger partial charge on any atom is 0.416 e. The predicted molar refractivity (Wildman–Crippen MR) is 101 cm³/mol. The van der Waals surface area contributed by atoms with Crippen LogP contribution in [0.3, 0.4) is 0 Å². The molecule has 170 valence electrons. The van der Waals surface area contributed by atoms with Crippen LogP contribution < -0.4 is 5.32 Å². The second-order valence-electron chi connectivity index (χ2n) is 7.62. The smallest absolute Gasteiger partial charge is 0.377 e. The minimum absolute atomic E-state index is 0.0304. The average molecular weight is 449 g/mol. The van der Waals surface area contributed by atoms with E-state index in [1.165, 1.54) is 12.1 Å². The molecule has 0 saturated heterocycles. The van der Waals surface area contributed by atoms with Crippen molar-refractivity contribution in [3.8, 4) is 0 Å². The highest BCUT2D eigenvalue weighted by Gasteiger charge is 2.38. The first-order valence-electron chi connectivity index (χ1n) is 9.81. The van der Waals surface area contributed by atoms with Gasteiger partial charge >= 0.3 is 12.4 Å².